The number of amides is 1. The number of hydrogen-bond acceptors (Lipinski definition) is 1. The molecule has 0 bridgehead atoms. The Hall–Kier alpha value is -1.31. The van der Waals surface area contributed by atoms with E-state index in [9.17, 15) is 4.79 Å². The number of hydrogen-bond donors (Lipinski definition) is 1. The Morgan fingerprint density at radius 1 is 1.43 bits per heavy atom. The Kier molecular flexibility index (Phi) is 3.69. The minimum absolute atomic E-state index is 0.330. The van der Waals surface area contributed by atoms with Gasteiger partial charge in [-0.1, -0.05) is 38.5 Å². The predicted molar refractivity (Wildman–Crippen MR) is 58.1 cm³/mol. The van der Waals surface area contributed by atoms with Gasteiger partial charge >= 0.3 is 0 Å². The topological polar surface area (TPSA) is 43.1 Å². The molecule has 0 aliphatic rings. The van der Waals surface area contributed by atoms with Gasteiger partial charge in [0.2, 0.25) is 5.91 Å². The van der Waals surface area contributed by atoms with Gasteiger partial charge in [-0.2, -0.15) is 0 Å². The molecule has 1 aromatic rings. The van der Waals surface area contributed by atoms with E-state index in [1.165, 1.54) is 0 Å². The fourth-order valence-electron chi connectivity index (χ4n) is 1.46. The van der Waals surface area contributed by atoms with Crippen LogP contribution in [-0.2, 0) is 6.42 Å². The van der Waals surface area contributed by atoms with Crippen LogP contribution in [0.4, 0.5) is 0 Å². The molecule has 1 rings (SSSR count). The summed E-state index contributed by atoms with van der Waals surface area (Å²) in [4.78, 5) is 11.1. The van der Waals surface area contributed by atoms with Crippen molar-refractivity contribution in [1.82, 2.24) is 0 Å². The molecule has 14 heavy (non-hydrogen) atoms. The molecule has 1 amide bonds. The van der Waals surface area contributed by atoms with Crippen molar-refractivity contribution < 1.29 is 4.79 Å². The first kappa shape index (κ1) is 10.8. The highest BCUT2D eigenvalue weighted by molar-refractivity contribution is 5.94. The zero-order valence-corrected chi connectivity index (χ0v) is 8.79. The summed E-state index contributed by atoms with van der Waals surface area (Å²) in [6, 6.07) is 7.57. The second-order valence-electron chi connectivity index (χ2n) is 3.74. The average molecular weight is 191 g/mol. The molecule has 0 radical (unpaired) electrons. The van der Waals surface area contributed by atoms with E-state index in [0.717, 1.165) is 18.4 Å². The molecule has 76 valence electrons. The third-order valence-corrected chi connectivity index (χ3v) is 2.55. The van der Waals surface area contributed by atoms with Crippen LogP contribution in [0, 0.1) is 5.92 Å². The molecule has 0 aliphatic heterocycles. The van der Waals surface area contributed by atoms with Gasteiger partial charge in [-0.05, 0) is 24.0 Å². The lowest BCUT2D eigenvalue weighted by atomic mass is 9.95. The minimum atomic E-state index is -0.330. The smallest absolute Gasteiger partial charge is 0.248 e. The van der Waals surface area contributed by atoms with Crippen LogP contribution in [0.2, 0.25) is 0 Å². The van der Waals surface area contributed by atoms with Gasteiger partial charge in [-0.25, -0.2) is 0 Å². The number of benzene rings is 1. The fraction of sp³-hybridized carbons (Fsp3) is 0.417. The van der Waals surface area contributed by atoms with Gasteiger partial charge in [-0.3, -0.25) is 4.79 Å². The summed E-state index contributed by atoms with van der Waals surface area (Å²) in [5, 5.41) is 0. The van der Waals surface area contributed by atoms with Gasteiger partial charge < -0.3 is 5.73 Å². The Bertz CT molecular complexity index is 320. The molecule has 1 atom stereocenters. The molecule has 2 nitrogen and oxygen atoms in total. The third kappa shape index (κ3) is 2.59. The van der Waals surface area contributed by atoms with Crippen molar-refractivity contribution in [2.24, 2.45) is 11.7 Å². The van der Waals surface area contributed by atoms with Gasteiger partial charge in [0.15, 0.2) is 0 Å². The van der Waals surface area contributed by atoms with Crippen molar-refractivity contribution in [3.63, 3.8) is 0 Å². The van der Waals surface area contributed by atoms with E-state index in [4.69, 9.17) is 5.73 Å². The molecule has 0 aliphatic carbocycles. The molecule has 0 spiro atoms. The van der Waals surface area contributed by atoms with E-state index in [1.54, 1.807) is 6.07 Å². The first-order valence-electron chi connectivity index (χ1n) is 5.02. The molecule has 1 unspecified atom stereocenters. The quantitative estimate of drug-likeness (QED) is 0.780. The van der Waals surface area contributed by atoms with Crippen molar-refractivity contribution in [3.8, 4) is 0 Å². The van der Waals surface area contributed by atoms with Crippen LogP contribution in [0.3, 0.4) is 0 Å². The summed E-state index contributed by atoms with van der Waals surface area (Å²) >= 11 is 0. The van der Waals surface area contributed by atoms with Crippen molar-refractivity contribution in [1.29, 1.82) is 0 Å². The maximum absolute atomic E-state index is 11.1. The van der Waals surface area contributed by atoms with Crippen molar-refractivity contribution in [2.75, 3.05) is 0 Å². The van der Waals surface area contributed by atoms with Gasteiger partial charge in [0.25, 0.3) is 0 Å². The second-order valence-corrected chi connectivity index (χ2v) is 3.74. The average Bonchev–Trinajstić information content (AvgIpc) is 2.18. The largest absolute Gasteiger partial charge is 0.366 e. The summed E-state index contributed by atoms with van der Waals surface area (Å²) < 4.78 is 0. The first-order chi connectivity index (χ1) is 6.65. The summed E-state index contributed by atoms with van der Waals surface area (Å²) in [5.74, 6) is 0.263. The summed E-state index contributed by atoms with van der Waals surface area (Å²) in [5.41, 5.74) is 7.02. The van der Waals surface area contributed by atoms with Crippen molar-refractivity contribution in [2.45, 2.75) is 26.7 Å². The van der Waals surface area contributed by atoms with E-state index < -0.39 is 0 Å². The van der Waals surface area contributed by atoms with Gasteiger partial charge in [0.05, 0.1) is 0 Å². The lowest BCUT2D eigenvalue weighted by Gasteiger charge is -2.10. The van der Waals surface area contributed by atoms with E-state index >= 15 is 0 Å². The lowest BCUT2D eigenvalue weighted by molar-refractivity contribution is 0.0999. The Balaban J connectivity index is 2.90. The van der Waals surface area contributed by atoms with Crippen LogP contribution >= 0.6 is 0 Å². The van der Waals surface area contributed by atoms with E-state index in [0.29, 0.717) is 11.5 Å². The van der Waals surface area contributed by atoms with Crippen molar-refractivity contribution >= 4 is 5.91 Å². The van der Waals surface area contributed by atoms with Crippen LogP contribution in [0.5, 0.6) is 0 Å². The van der Waals surface area contributed by atoms with Crippen LogP contribution in [0.1, 0.15) is 36.2 Å². The lowest BCUT2D eigenvalue weighted by Crippen LogP contribution is -2.14. The van der Waals surface area contributed by atoms with E-state index in [1.807, 2.05) is 18.2 Å². The minimum Gasteiger partial charge on any atom is -0.366 e. The van der Waals surface area contributed by atoms with Crippen LogP contribution in [0.15, 0.2) is 24.3 Å². The second kappa shape index (κ2) is 4.80. The zero-order valence-electron chi connectivity index (χ0n) is 8.79. The molecule has 1 aromatic carbocycles. The SMILES string of the molecule is CCC(C)Cc1ccccc1C(N)=O. The highest BCUT2D eigenvalue weighted by atomic mass is 16.1. The molecule has 2 N–H and O–H groups in total. The Labute approximate surface area is 85.1 Å². The third-order valence-electron chi connectivity index (χ3n) is 2.55. The summed E-state index contributed by atoms with van der Waals surface area (Å²) in [7, 11) is 0. The zero-order chi connectivity index (χ0) is 10.6. The van der Waals surface area contributed by atoms with Gasteiger partial charge in [0.1, 0.15) is 0 Å². The normalized spacial score (nSPS) is 12.4. The molecule has 2 heteroatoms. The highest BCUT2D eigenvalue weighted by Crippen LogP contribution is 2.15. The van der Waals surface area contributed by atoms with Crippen LogP contribution in [-0.4, -0.2) is 5.91 Å². The van der Waals surface area contributed by atoms with Gasteiger partial charge in [-0.15, -0.1) is 0 Å². The van der Waals surface area contributed by atoms with Crippen LogP contribution < -0.4 is 5.73 Å². The van der Waals surface area contributed by atoms with E-state index in [-0.39, 0.29) is 5.91 Å². The van der Waals surface area contributed by atoms with Gasteiger partial charge in [0, 0.05) is 5.56 Å². The number of carbonyl (C=O) groups excluding carboxylic acids is 1. The molecule has 0 saturated heterocycles. The summed E-state index contributed by atoms with van der Waals surface area (Å²) in [6.45, 7) is 4.33. The van der Waals surface area contributed by atoms with Crippen LogP contribution in [0.25, 0.3) is 0 Å². The first-order valence-corrected chi connectivity index (χ1v) is 5.02. The molecule has 0 aromatic heterocycles. The predicted octanol–water partition coefficient (Wildman–Crippen LogP) is 2.37. The maximum Gasteiger partial charge on any atom is 0.248 e. The standard InChI is InChI=1S/C12H17NO/c1-3-9(2)8-10-6-4-5-7-11(10)12(13)14/h4-7,9H,3,8H2,1-2H3,(H2,13,14). The van der Waals surface area contributed by atoms with Crippen molar-refractivity contribution in [3.05, 3.63) is 35.4 Å². The number of nitrogens with two attached hydrogens (primary N) is 1. The summed E-state index contributed by atoms with van der Waals surface area (Å²) in [6.07, 6.45) is 2.04. The number of primary amides is 1. The maximum atomic E-state index is 11.1. The molecule has 0 saturated carbocycles. The Morgan fingerprint density at radius 3 is 2.64 bits per heavy atom. The molecule has 0 fully saturated rings. The molecule has 0 heterocycles. The number of carbonyl (C=O) groups is 1. The molecular formula is C12H17NO. The fourth-order valence-corrected chi connectivity index (χ4v) is 1.46. The Morgan fingerprint density at radius 2 is 2.07 bits per heavy atom. The van der Waals surface area contributed by atoms with E-state index in [2.05, 4.69) is 13.8 Å². The molecular weight excluding hydrogens is 174 g/mol. The number of rotatable bonds is 4. The highest BCUT2D eigenvalue weighted by Gasteiger charge is 2.09. The monoisotopic (exact) mass is 191 g/mol.